The van der Waals surface area contributed by atoms with Gasteiger partial charge in [-0.15, -0.1) is 0 Å². The molecule has 4 aliphatic carbocycles. The Kier molecular flexibility index (Phi) is 6.51. The van der Waals surface area contributed by atoms with Gasteiger partial charge in [-0.1, -0.05) is 13.8 Å². The Hall–Kier alpha value is -0.740. The second kappa shape index (κ2) is 8.78. The van der Waals surface area contributed by atoms with Crippen LogP contribution in [-0.4, -0.2) is 37.8 Å². The molecular formula is C25H42N2O2. The fourth-order valence-corrected chi connectivity index (χ4v) is 7.67. The topological polar surface area (TPSA) is 64.7 Å². The molecule has 0 bridgehead atoms. The number of nitrogens with zero attached hydrogens (tertiary/aromatic N) is 1. The van der Waals surface area contributed by atoms with Crippen molar-refractivity contribution in [1.29, 1.82) is 0 Å². The van der Waals surface area contributed by atoms with Gasteiger partial charge in [0, 0.05) is 37.3 Å². The van der Waals surface area contributed by atoms with Crippen LogP contribution in [0.5, 0.6) is 0 Å². The molecule has 4 nitrogen and oxygen atoms in total. The van der Waals surface area contributed by atoms with E-state index in [4.69, 9.17) is 15.5 Å². The molecule has 0 amide bonds. The van der Waals surface area contributed by atoms with E-state index in [1.807, 2.05) is 0 Å². The Balaban J connectivity index is 1.33. The minimum Gasteiger partial charge on any atom is -0.381 e. The first kappa shape index (κ1) is 21.5. The quantitative estimate of drug-likeness (QED) is 0.622. The van der Waals surface area contributed by atoms with Gasteiger partial charge in [-0.3, -0.25) is 9.79 Å². The number of carbonyl (C=O) groups is 1. The van der Waals surface area contributed by atoms with E-state index in [2.05, 4.69) is 13.8 Å². The lowest BCUT2D eigenvalue weighted by Crippen LogP contribution is -2.53. The predicted octanol–water partition coefficient (Wildman–Crippen LogP) is 4.79. The lowest BCUT2D eigenvalue weighted by atomic mass is 9.45. The monoisotopic (exact) mass is 402 g/mol. The molecule has 0 aromatic heterocycles. The number of aliphatic imine (C=N–C) groups is 1. The van der Waals surface area contributed by atoms with Gasteiger partial charge >= 0.3 is 0 Å². The highest BCUT2D eigenvalue weighted by atomic mass is 16.5. The number of ether oxygens (including phenoxy) is 1. The fraction of sp³-hybridized carbons (Fsp3) is 0.920. The number of hydrogen-bond acceptors (Lipinski definition) is 4. The number of nitrogens with two attached hydrogens (primary N) is 1. The first-order valence-electron chi connectivity index (χ1n) is 12.3. The van der Waals surface area contributed by atoms with Crippen LogP contribution < -0.4 is 5.73 Å². The third-order valence-corrected chi connectivity index (χ3v) is 9.48. The van der Waals surface area contributed by atoms with E-state index in [9.17, 15) is 4.79 Å². The Morgan fingerprint density at radius 3 is 2.69 bits per heavy atom. The van der Waals surface area contributed by atoms with Crippen molar-refractivity contribution in [2.45, 2.75) is 84.5 Å². The summed E-state index contributed by atoms with van der Waals surface area (Å²) in [5.74, 6) is 3.67. The van der Waals surface area contributed by atoms with Crippen LogP contribution in [0.4, 0.5) is 0 Å². The molecule has 4 fully saturated rings. The number of Topliss-reactive ketones (excluding diaryl/α,β-unsaturated/α-hetero) is 1. The summed E-state index contributed by atoms with van der Waals surface area (Å²) in [7, 11) is 0. The van der Waals surface area contributed by atoms with Gasteiger partial charge < -0.3 is 10.5 Å². The molecule has 4 aliphatic rings. The Labute approximate surface area is 177 Å². The van der Waals surface area contributed by atoms with Gasteiger partial charge in [-0.05, 0) is 99.8 Å². The molecule has 0 radical (unpaired) electrons. The largest absolute Gasteiger partial charge is 0.381 e. The van der Waals surface area contributed by atoms with Crippen molar-refractivity contribution < 1.29 is 9.53 Å². The molecule has 29 heavy (non-hydrogen) atoms. The summed E-state index contributed by atoms with van der Waals surface area (Å²) in [6.45, 7) is 8.10. The highest BCUT2D eigenvalue weighted by Gasteiger charge is 2.59. The first-order valence-corrected chi connectivity index (χ1v) is 12.3. The number of fused-ring (bicyclic) bond motifs is 5. The maximum Gasteiger partial charge on any atom is 0.139 e. The summed E-state index contributed by atoms with van der Waals surface area (Å²) < 4.78 is 5.60. The third kappa shape index (κ3) is 3.96. The van der Waals surface area contributed by atoms with E-state index in [1.165, 1.54) is 44.2 Å². The summed E-state index contributed by atoms with van der Waals surface area (Å²) in [4.78, 5) is 17.5. The Morgan fingerprint density at radius 2 is 1.86 bits per heavy atom. The van der Waals surface area contributed by atoms with Crippen LogP contribution in [-0.2, 0) is 9.53 Å². The van der Waals surface area contributed by atoms with E-state index >= 15 is 0 Å². The molecule has 4 saturated carbocycles. The highest BCUT2D eigenvalue weighted by molar-refractivity contribution is 5.87. The molecule has 0 aromatic rings. The molecule has 2 N–H and O–H groups in total. The van der Waals surface area contributed by atoms with Gasteiger partial charge in [-0.2, -0.15) is 0 Å². The Bertz CT molecular complexity index is 632. The van der Waals surface area contributed by atoms with Gasteiger partial charge in [0.1, 0.15) is 5.78 Å². The highest BCUT2D eigenvalue weighted by Crippen LogP contribution is 2.65. The van der Waals surface area contributed by atoms with Crippen LogP contribution in [0.3, 0.4) is 0 Å². The van der Waals surface area contributed by atoms with Crippen LogP contribution in [0, 0.1) is 34.5 Å². The molecule has 0 spiro atoms. The van der Waals surface area contributed by atoms with Crippen molar-refractivity contribution in [2.75, 3.05) is 26.3 Å². The summed E-state index contributed by atoms with van der Waals surface area (Å²) in [6, 6.07) is 0. The normalized spacial score (nSPS) is 43.1. The standard InChI is InChI=1S/C25H42N2O2/c1-24-11-9-19(27-14-4-16-29-15-3-13-26)17-18(24)5-6-20-21-7-8-23(28)25(21,2)12-10-22(20)24/h18,20-22H,3-17,26H2,1-2H3. The lowest BCUT2D eigenvalue weighted by molar-refractivity contribution is -0.136. The van der Waals surface area contributed by atoms with Crippen molar-refractivity contribution in [1.82, 2.24) is 0 Å². The maximum absolute atomic E-state index is 12.6. The van der Waals surface area contributed by atoms with Gasteiger partial charge in [0.15, 0.2) is 0 Å². The molecule has 0 aliphatic heterocycles. The third-order valence-electron chi connectivity index (χ3n) is 9.48. The zero-order valence-corrected chi connectivity index (χ0v) is 18.8. The van der Waals surface area contributed by atoms with Gasteiger partial charge in [0.2, 0.25) is 0 Å². The van der Waals surface area contributed by atoms with Crippen LogP contribution in [0.15, 0.2) is 4.99 Å². The second-order valence-corrected chi connectivity index (χ2v) is 10.8. The van der Waals surface area contributed by atoms with E-state index in [0.29, 0.717) is 23.7 Å². The van der Waals surface area contributed by atoms with Crippen LogP contribution in [0.1, 0.15) is 84.5 Å². The summed E-state index contributed by atoms with van der Waals surface area (Å²) in [5.41, 5.74) is 7.44. The summed E-state index contributed by atoms with van der Waals surface area (Å²) in [6.07, 6.45) is 12.8. The minimum atomic E-state index is 0.0118. The first-order chi connectivity index (χ1) is 14.0. The van der Waals surface area contributed by atoms with E-state index < -0.39 is 0 Å². The molecule has 6 atom stereocenters. The number of rotatable bonds is 7. The molecule has 0 saturated heterocycles. The average Bonchev–Trinajstić information content (AvgIpc) is 3.02. The van der Waals surface area contributed by atoms with Crippen molar-refractivity contribution in [3.8, 4) is 0 Å². The fourth-order valence-electron chi connectivity index (χ4n) is 7.67. The van der Waals surface area contributed by atoms with Crippen molar-refractivity contribution in [3.05, 3.63) is 0 Å². The van der Waals surface area contributed by atoms with Gasteiger partial charge in [0.05, 0.1) is 0 Å². The average molecular weight is 403 g/mol. The van der Waals surface area contributed by atoms with E-state index in [1.54, 1.807) is 0 Å². The molecule has 0 aromatic carbocycles. The van der Waals surface area contributed by atoms with Gasteiger partial charge in [0.25, 0.3) is 0 Å². The number of hydrogen-bond donors (Lipinski definition) is 1. The molecular weight excluding hydrogens is 360 g/mol. The number of ketones is 1. The molecule has 4 heteroatoms. The Morgan fingerprint density at radius 1 is 1.03 bits per heavy atom. The number of carbonyl (C=O) groups excluding carboxylic acids is 1. The zero-order chi connectivity index (χ0) is 20.5. The SMILES string of the molecule is CC12CCC3C(CCC4CC(=NCCCOCCCN)CCC43C)C1CCC2=O. The molecule has 0 heterocycles. The zero-order valence-electron chi connectivity index (χ0n) is 18.8. The van der Waals surface area contributed by atoms with E-state index in [-0.39, 0.29) is 5.41 Å². The molecule has 164 valence electrons. The maximum atomic E-state index is 12.6. The minimum absolute atomic E-state index is 0.0118. The molecule has 6 unspecified atom stereocenters. The predicted molar refractivity (Wildman–Crippen MR) is 118 cm³/mol. The summed E-state index contributed by atoms with van der Waals surface area (Å²) in [5, 5.41) is 0. The van der Waals surface area contributed by atoms with Crippen LogP contribution in [0.2, 0.25) is 0 Å². The van der Waals surface area contributed by atoms with Gasteiger partial charge in [-0.25, -0.2) is 0 Å². The van der Waals surface area contributed by atoms with Crippen LogP contribution >= 0.6 is 0 Å². The van der Waals surface area contributed by atoms with Crippen LogP contribution in [0.25, 0.3) is 0 Å². The molecule has 4 rings (SSSR count). The van der Waals surface area contributed by atoms with Crippen molar-refractivity contribution in [2.24, 2.45) is 45.2 Å². The second-order valence-electron chi connectivity index (χ2n) is 10.8. The summed E-state index contributed by atoms with van der Waals surface area (Å²) >= 11 is 0. The smallest absolute Gasteiger partial charge is 0.139 e. The lowest BCUT2D eigenvalue weighted by Gasteiger charge is -2.59. The van der Waals surface area contributed by atoms with Crippen molar-refractivity contribution in [3.63, 3.8) is 0 Å². The van der Waals surface area contributed by atoms with E-state index in [0.717, 1.165) is 69.6 Å². The van der Waals surface area contributed by atoms with Crippen molar-refractivity contribution >= 4 is 11.5 Å².